The molecule has 0 unspecified atom stereocenters. The number of hydrogen-bond acceptors (Lipinski definition) is 7. The first-order chi connectivity index (χ1) is 13.9. The van der Waals surface area contributed by atoms with E-state index in [1.807, 2.05) is 0 Å². The topological polar surface area (TPSA) is 148 Å². The molecule has 0 saturated carbocycles. The summed E-state index contributed by atoms with van der Waals surface area (Å²) in [6, 6.07) is 5.74. The Morgan fingerprint density at radius 1 is 1.38 bits per heavy atom. The third kappa shape index (κ3) is 4.48. The molecule has 1 aromatic heterocycles. The third-order valence-electron chi connectivity index (χ3n) is 4.56. The molecule has 0 aliphatic carbocycles. The zero-order valence-corrected chi connectivity index (χ0v) is 15.8. The molecule has 1 aliphatic rings. The molecule has 1 aromatic carbocycles. The maximum atomic E-state index is 12.2. The normalized spacial score (nSPS) is 20.7. The molecular weight excluding hydrogens is 382 g/mol. The molecule has 3 atom stereocenters. The van der Waals surface area contributed by atoms with Crippen molar-refractivity contribution in [2.75, 3.05) is 13.7 Å². The van der Waals surface area contributed by atoms with Crippen molar-refractivity contribution in [1.29, 1.82) is 0 Å². The number of esters is 1. The van der Waals surface area contributed by atoms with Crippen LogP contribution in [0.25, 0.3) is 10.4 Å². The summed E-state index contributed by atoms with van der Waals surface area (Å²) in [5.74, 6) is 0.0324. The van der Waals surface area contributed by atoms with E-state index in [1.165, 1.54) is 17.9 Å². The fourth-order valence-electron chi connectivity index (χ4n) is 2.99. The minimum absolute atomic E-state index is 0.165. The first-order valence-electron chi connectivity index (χ1n) is 8.76. The first kappa shape index (κ1) is 20.2. The maximum absolute atomic E-state index is 12.2. The van der Waals surface area contributed by atoms with Gasteiger partial charge in [-0.05, 0) is 36.7 Å². The van der Waals surface area contributed by atoms with E-state index in [2.05, 4.69) is 15.0 Å². The molecule has 1 fully saturated rings. The average Bonchev–Trinajstić information content (AvgIpc) is 3.11. The van der Waals surface area contributed by atoms with Crippen molar-refractivity contribution in [3.05, 3.63) is 72.9 Å². The quantitative estimate of drug-likeness (QED) is 0.337. The van der Waals surface area contributed by atoms with Crippen LogP contribution in [0.5, 0.6) is 5.75 Å². The molecule has 0 spiro atoms. The highest BCUT2D eigenvalue weighted by Crippen LogP contribution is 2.30. The molecule has 152 valence electrons. The highest BCUT2D eigenvalue weighted by atomic mass is 16.6. The number of nitrogens with zero attached hydrogens (tertiary/aromatic N) is 4. The molecule has 2 aromatic rings. The van der Waals surface area contributed by atoms with Crippen LogP contribution in [0.3, 0.4) is 0 Å². The number of carbonyl (C=O) groups is 1. The van der Waals surface area contributed by atoms with Crippen LogP contribution >= 0.6 is 0 Å². The van der Waals surface area contributed by atoms with Gasteiger partial charge in [0.1, 0.15) is 24.7 Å². The standard InChI is InChI=1S/C18H19N5O6/c1-10-8-23(18(26)20-16(10)24)15-7-13(21-22-19)14(29-15)9-28-17(25)11-3-5-12(27-2)6-4-11/h3-6,8,13-15H,7,9H2,1-2H3,(H,20,24,26)/t13-,14+,15-/m0/s1. The van der Waals surface area contributed by atoms with Crippen LogP contribution in [-0.2, 0) is 9.47 Å². The predicted octanol–water partition coefficient (Wildman–Crippen LogP) is 1.68. The van der Waals surface area contributed by atoms with Gasteiger partial charge < -0.3 is 14.2 Å². The number of hydrogen-bond donors (Lipinski definition) is 1. The lowest BCUT2D eigenvalue weighted by Crippen LogP contribution is -2.33. The number of rotatable bonds is 6. The Morgan fingerprint density at radius 3 is 2.76 bits per heavy atom. The molecule has 0 bridgehead atoms. The number of aromatic amines is 1. The van der Waals surface area contributed by atoms with E-state index in [9.17, 15) is 14.4 Å². The Labute approximate surface area is 164 Å². The minimum atomic E-state index is -0.766. The number of ether oxygens (including phenoxy) is 3. The van der Waals surface area contributed by atoms with Crippen molar-refractivity contribution in [2.24, 2.45) is 5.11 Å². The van der Waals surface area contributed by atoms with E-state index in [4.69, 9.17) is 19.7 Å². The van der Waals surface area contributed by atoms with Gasteiger partial charge in [-0.2, -0.15) is 0 Å². The van der Waals surface area contributed by atoms with Crippen molar-refractivity contribution in [2.45, 2.75) is 31.7 Å². The lowest BCUT2D eigenvalue weighted by Gasteiger charge is -2.17. The summed E-state index contributed by atoms with van der Waals surface area (Å²) in [5, 5.41) is 3.68. The summed E-state index contributed by atoms with van der Waals surface area (Å²) in [5.41, 5.74) is 8.35. The lowest BCUT2D eigenvalue weighted by molar-refractivity contribution is -0.0363. The number of aryl methyl sites for hydroxylation is 1. The molecule has 1 saturated heterocycles. The molecule has 11 nitrogen and oxygen atoms in total. The van der Waals surface area contributed by atoms with E-state index < -0.39 is 35.6 Å². The van der Waals surface area contributed by atoms with Crippen LogP contribution in [0, 0.1) is 6.92 Å². The molecular formula is C18H19N5O6. The van der Waals surface area contributed by atoms with Crippen molar-refractivity contribution in [3.8, 4) is 5.75 Å². The summed E-state index contributed by atoms with van der Waals surface area (Å²) in [6.07, 6.45) is 0.0701. The van der Waals surface area contributed by atoms with Crippen LogP contribution in [0.2, 0.25) is 0 Å². The Morgan fingerprint density at radius 2 is 2.10 bits per heavy atom. The summed E-state index contributed by atoms with van der Waals surface area (Å²) < 4.78 is 17.3. The van der Waals surface area contributed by atoms with Gasteiger partial charge in [0.15, 0.2) is 0 Å². The van der Waals surface area contributed by atoms with E-state index >= 15 is 0 Å². The number of nitrogens with one attached hydrogen (secondary N) is 1. The fraction of sp³-hybridized carbons (Fsp3) is 0.389. The molecule has 1 aliphatic heterocycles. The van der Waals surface area contributed by atoms with E-state index in [-0.39, 0.29) is 13.0 Å². The SMILES string of the molecule is COc1ccc(C(=O)OC[C@H]2O[C@H](n3cc(C)c(=O)[nH]c3=O)C[C@@H]2N=[N+]=[N-])cc1. The monoisotopic (exact) mass is 401 g/mol. The summed E-state index contributed by atoms with van der Waals surface area (Å²) in [4.78, 5) is 40.9. The minimum Gasteiger partial charge on any atom is -0.497 e. The number of methoxy groups -OCH3 is 1. The number of H-pyrrole nitrogens is 1. The van der Waals surface area contributed by atoms with Gasteiger partial charge in [-0.3, -0.25) is 14.3 Å². The molecule has 3 rings (SSSR count). The molecule has 1 N–H and O–H groups in total. The van der Waals surface area contributed by atoms with Gasteiger partial charge in [-0.15, -0.1) is 0 Å². The van der Waals surface area contributed by atoms with Crippen LogP contribution in [0.15, 0.2) is 45.2 Å². The van der Waals surface area contributed by atoms with Crippen molar-refractivity contribution >= 4 is 5.97 Å². The van der Waals surface area contributed by atoms with Crippen LogP contribution in [0.4, 0.5) is 0 Å². The smallest absolute Gasteiger partial charge is 0.338 e. The number of carbonyl (C=O) groups excluding carboxylic acids is 1. The Bertz CT molecular complexity index is 1050. The zero-order chi connectivity index (χ0) is 21.0. The van der Waals surface area contributed by atoms with E-state index in [1.54, 1.807) is 31.2 Å². The van der Waals surface area contributed by atoms with Crippen LogP contribution in [0.1, 0.15) is 28.6 Å². The Kier molecular flexibility index (Phi) is 6.01. The lowest BCUT2D eigenvalue weighted by atomic mass is 10.1. The average molecular weight is 401 g/mol. The highest BCUT2D eigenvalue weighted by Gasteiger charge is 2.37. The molecule has 11 heteroatoms. The van der Waals surface area contributed by atoms with Gasteiger partial charge in [-0.1, -0.05) is 5.11 Å². The highest BCUT2D eigenvalue weighted by molar-refractivity contribution is 5.89. The summed E-state index contributed by atoms with van der Waals surface area (Å²) in [6.45, 7) is 1.39. The Hall–Kier alpha value is -3.56. The first-order valence-corrected chi connectivity index (χ1v) is 8.76. The van der Waals surface area contributed by atoms with Crippen LogP contribution in [-0.4, -0.2) is 41.4 Å². The second-order valence-corrected chi connectivity index (χ2v) is 6.44. The van der Waals surface area contributed by atoms with E-state index in [0.717, 1.165) is 0 Å². The molecule has 0 amide bonds. The third-order valence-corrected chi connectivity index (χ3v) is 4.56. The maximum Gasteiger partial charge on any atom is 0.338 e. The predicted molar refractivity (Wildman–Crippen MR) is 101 cm³/mol. The summed E-state index contributed by atoms with van der Waals surface area (Å²) >= 11 is 0. The van der Waals surface area contributed by atoms with Gasteiger partial charge in [0.05, 0.1) is 18.7 Å². The second kappa shape index (κ2) is 8.63. The Balaban J connectivity index is 1.72. The molecule has 2 heterocycles. The number of benzene rings is 1. The van der Waals surface area contributed by atoms with Gasteiger partial charge in [-0.25, -0.2) is 9.59 Å². The van der Waals surface area contributed by atoms with Gasteiger partial charge >= 0.3 is 11.7 Å². The van der Waals surface area contributed by atoms with Gasteiger partial charge in [0, 0.05) is 23.1 Å². The van der Waals surface area contributed by atoms with Crippen molar-refractivity contribution in [1.82, 2.24) is 9.55 Å². The van der Waals surface area contributed by atoms with Gasteiger partial charge in [0.2, 0.25) is 0 Å². The molecule has 29 heavy (non-hydrogen) atoms. The number of azide groups is 1. The van der Waals surface area contributed by atoms with E-state index in [0.29, 0.717) is 16.9 Å². The fourth-order valence-corrected chi connectivity index (χ4v) is 2.99. The largest absolute Gasteiger partial charge is 0.497 e. The zero-order valence-electron chi connectivity index (χ0n) is 15.8. The molecule has 0 radical (unpaired) electrons. The number of aromatic nitrogens is 2. The van der Waals surface area contributed by atoms with Crippen molar-refractivity contribution < 1.29 is 19.0 Å². The second-order valence-electron chi connectivity index (χ2n) is 6.44. The van der Waals surface area contributed by atoms with Gasteiger partial charge in [0.25, 0.3) is 5.56 Å². The summed E-state index contributed by atoms with van der Waals surface area (Å²) in [7, 11) is 1.52. The van der Waals surface area contributed by atoms with Crippen molar-refractivity contribution in [3.63, 3.8) is 0 Å². The van der Waals surface area contributed by atoms with Crippen LogP contribution < -0.4 is 16.0 Å².